The van der Waals surface area contributed by atoms with Crippen LogP contribution in [0.5, 0.6) is 11.5 Å². The highest BCUT2D eigenvalue weighted by Crippen LogP contribution is 2.33. The number of ether oxygens (including phenoxy) is 2. The first kappa shape index (κ1) is 16.4. The molecule has 0 aromatic heterocycles. The Labute approximate surface area is 130 Å². The molecular weight excluding hydrogens is 316 g/mol. The van der Waals surface area contributed by atoms with E-state index in [1.165, 1.54) is 10.4 Å². The second-order valence-corrected chi connectivity index (χ2v) is 7.01. The zero-order valence-corrected chi connectivity index (χ0v) is 13.2. The van der Waals surface area contributed by atoms with Gasteiger partial charge in [-0.3, -0.25) is 0 Å². The number of hydrogen-bond acceptors (Lipinski definition) is 5. The fourth-order valence-corrected chi connectivity index (χ4v) is 4.08. The second kappa shape index (κ2) is 6.39. The highest BCUT2D eigenvalue weighted by atomic mass is 35.5. The van der Waals surface area contributed by atoms with Crippen LogP contribution in [0.2, 0.25) is 0 Å². The van der Waals surface area contributed by atoms with Gasteiger partial charge in [0, 0.05) is 25.2 Å². The van der Waals surface area contributed by atoms with E-state index < -0.39 is 10.0 Å². The summed E-state index contributed by atoms with van der Waals surface area (Å²) in [6.45, 7) is 1.81. The lowest BCUT2D eigenvalue weighted by atomic mass is 10.1. The molecule has 0 aliphatic carbocycles. The summed E-state index contributed by atoms with van der Waals surface area (Å²) in [5.41, 5.74) is 5.86. The average Bonchev–Trinajstić information content (AvgIpc) is 2.46. The van der Waals surface area contributed by atoms with E-state index in [-0.39, 0.29) is 23.3 Å². The lowest BCUT2D eigenvalue weighted by Crippen LogP contribution is -2.45. The molecule has 0 bridgehead atoms. The lowest BCUT2D eigenvalue weighted by Gasteiger charge is -2.30. The molecule has 2 aliphatic heterocycles. The molecule has 3 rings (SSSR count). The van der Waals surface area contributed by atoms with Crippen LogP contribution in [0.1, 0.15) is 12.8 Å². The van der Waals surface area contributed by atoms with Gasteiger partial charge >= 0.3 is 0 Å². The number of rotatable bonds is 2. The number of sulfonamides is 1. The molecule has 6 nitrogen and oxygen atoms in total. The maximum atomic E-state index is 12.6. The molecule has 1 unspecified atom stereocenters. The number of nitrogens with zero attached hydrogens (tertiary/aromatic N) is 1. The molecule has 1 aromatic carbocycles. The van der Waals surface area contributed by atoms with Gasteiger partial charge in [0.25, 0.3) is 0 Å². The van der Waals surface area contributed by atoms with Crippen LogP contribution >= 0.6 is 12.4 Å². The minimum Gasteiger partial charge on any atom is -0.486 e. The van der Waals surface area contributed by atoms with E-state index in [1.54, 1.807) is 12.1 Å². The monoisotopic (exact) mass is 334 g/mol. The highest BCUT2D eigenvalue weighted by molar-refractivity contribution is 7.89. The fourth-order valence-electron chi connectivity index (χ4n) is 2.53. The Morgan fingerprint density at radius 3 is 2.62 bits per heavy atom. The van der Waals surface area contributed by atoms with Crippen molar-refractivity contribution < 1.29 is 17.9 Å². The van der Waals surface area contributed by atoms with E-state index in [1.807, 2.05) is 0 Å². The summed E-state index contributed by atoms with van der Waals surface area (Å²) in [4.78, 5) is 0.232. The quantitative estimate of drug-likeness (QED) is 0.872. The summed E-state index contributed by atoms with van der Waals surface area (Å²) in [5, 5.41) is 0. The third-order valence-electron chi connectivity index (χ3n) is 3.57. The Morgan fingerprint density at radius 2 is 1.90 bits per heavy atom. The molecular formula is C13H19ClN2O4S. The van der Waals surface area contributed by atoms with Crippen molar-refractivity contribution in [3.63, 3.8) is 0 Å². The number of nitrogens with two attached hydrogens (primary N) is 1. The van der Waals surface area contributed by atoms with Crippen molar-refractivity contribution in [2.75, 3.05) is 26.3 Å². The number of piperidine rings is 1. The van der Waals surface area contributed by atoms with Gasteiger partial charge in [0.1, 0.15) is 13.2 Å². The first-order chi connectivity index (χ1) is 9.57. The number of fused-ring (bicyclic) bond motifs is 1. The van der Waals surface area contributed by atoms with Crippen LogP contribution in [-0.4, -0.2) is 45.1 Å². The van der Waals surface area contributed by atoms with Crippen molar-refractivity contribution in [1.29, 1.82) is 0 Å². The Bertz CT molecular complexity index is 608. The minimum absolute atomic E-state index is 0. The summed E-state index contributed by atoms with van der Waals surface area (Å²) in [6, 6.07) is 4.65. The van der Waals surface area contributed by atoms with Crippen LogP contribution in [0.25, 0.3) is 0 Å². The minimum atomic E-state index is -3.51. The molecule has 0 saturated carbocycles. The molecule has 2 N–H and O–H groups in total. The molecule has 1 saturated heterocycles. The normalized spacial score (nSPS) is 22.4. The Kier molecular flexibility index (Phi) is 4.98. The van der Waals surface area contributed by atoms with Crippen LogP contribution < -0.4 is 15.2 Å². The molecule has 0 spiro atoms. The zero-order valence-electron chi connectivity index (χ0n) is 11.5. The van der Waals surface area contributed by atoms with Crippen molar-refractivity contribution in [2.45, 2.75) is 23.8 Å². The third kappa shape index (κ3) is 3.26. The van der Waals surface area contributed by atoms with Crippen LogP contribution in [-0.2, 0) is 10.0 Å². The smallest absolute Gasteiger partial charge is 0.243 e. The zero-order chi connectivity index (χ0) is 14.2. The molecule has 1 atom stereocenters. The van der Waals surface area contributed by atoms with Crippen molar-refractivity contribution in [3.8, 4) is 11.5 Å². The van der Waals surface area contributed by atoms with Gasteiger partial charge in [-0.15, -0.1) is 12.4 Å². The van der Waals surface area contributed by atoms with Crippen LogP contribution in [0.4, 0.5) is 0 Å². The second-order valence-electron chi connectivity index (χ2n) is 5.07. The van der Waals surface area contributed by atoms with Gasteiger partial charge in [0.05, 0.1) is 4.90 Å². The Morgan fingerprint density at radius 1 is 1.19 bits per heavy atom. The summed E-state index contributed by atoms with van der Waals surface area (Å²) < 4.78 is 37.5. The number of benzene rings is 1. The molecule has 21 heavy (non-hydrogen) atoms. The molecule has 2 aliphatic rings. The van der Waals surface area contributed by atoms with E-state index in [0.29, 0.717) is 37.8 Å². The molecule has 0 radical (unpaired) electrons. The van der Waals surface area contributed by atoms with Crippen molar-refractivity contribution >= 4 is 22.4 Å². The van der Waals surface area contributed by atoms with Crippen LogP contribution in [0.15, 0.2) is 23.1 Å². The SMILES string of the molecule is Cl.NC1CCCN(S(=O)(=O)c2ccc3c(c2)OCCO3)C1. The number of halogens is 1. The summed E-state index contributed by atoms with van der Waals surface area (Å²) >= 11 is 0. The van der Waals surface area contributed by atoms with Gasteiger partial charge < -0.3 is 15.2 Å². The molecule has 118 valence electrons. The molecule has 1 aromatic rings. The van der Waals surface area contributed by atoms with Crippen molar-refractivity contribution in [1.82, 2.24) is 4.31 Å². The topological polar surface area (TPSA) is 81.9 Å². The van der Waals surface area contributed by atoms with E-state index in [4.69, 9.17) is 15.2 Å². The predicted octanol–water partition coefficient (Wildman–Crippen LogP) is 0.991. The molecule has 8 heteroatoms. The number of hydrogen-bond donors (Lipinski definition) is 1. The summed E-state index contributed by atoms with van der Waals surface area (Å²) in [6.07, 6.45) is 1.66. The van der Waals surface area contributed by atoms with Gasteiger partial charge in [-0.05, 0) is 25.0 Å². The first-order valence-electron chi connectivity index (χ1n) is 6.73. The van der Waals surface area contributed by atoms with E-state index >= 15 is 0 Å². The standard InChI is InChI=1S/C13H18N2O4S.ClH/c14-10-2-1-5-15(9-10)20(16,17)11-3-4-12-13(8-11)19-7-6-18-12;/h3-4,8,10H,1-2,5-7,9,14H2;1H. The maximum Gasteiger partial charge on any atom is 0.243 e. The van der Waals surface area contributed by atoms with E-state index in [9.17, 15) is 8.42 Å². The van der Waals surface area contributed by atoms with Gasteiger partial charge in [0.2, 0.25) is 10.0 Å². The average molecular weight is 335 g/mol. The Hall–Kier alpha value is -1.02. The first-order valence-corrected chi connectivity index (χ1v) is 8.17. The van der Waals surface area contributed by atoms with Crippen molar-refractivity contribution in [2.24, 2.45) is 5.73 Å². The Balaban J connectivity index is 0.00000161. The maximum absolute atomic E-state index is 12.6. The molecule has 0 amide bonds. The fraction of sp³-hybridized carbons (Fsp3) is 0.538. The largest absolute Gasteiger partial charge is 0.486 e. The molecule has 1 fully saturated rings. The van der Waals surface area contributed by atoms with E-state index in [0.717, 1.165) is 12.8 Å². The molecule has 2 heterocycles. The van der Waals surface area contributed by atoms with Crippen molar-refractivity contribution in [3.05, 3.63) is 18.2 Å². The highest BCUT2D eigenvalue weighted by Gasteiger charge is 2.29. The lowest BCUT2D eigenvalue weighted by molar-refractivity contribution is 0.171. The summed E-state index contributed by atoms with van der Waals surface area (Å²) in [5.74, 6) is 1.07. The van der Waals surface area contributed by atoms with Gasteiger partial charge in [0.15, 0.2) is 11.5 Å². The predicted molar refractivity (Wildman–Crippen MR) is 80.6 cm³/mol. The van der Waals surface area contributed by atoms with Crippen LogP contribution in [0, 0.1) is 0 Å². The van der Waals surface area contributed by atoms with E-state index in [2.05, 4.69) is 0 Å². The van der Waals surface area contributed by atoms with Gasteiger partial charge in [-0.1, -0.05) is 0 Å². The summed E-state index contributed by atoms with van der Waals surface area (Å²) in [7, 11) is -3.51. The van der Waals surface area contributed by atoms with Crippen LogP contribution in [0.3, 0.4) is 0 Å². The van der Waals surface area contributed by atoms with Gasteiger partial charge in [-0.2, -0.15) is 4.31 Å². The van der Waals surface area contributed by atoms with Gasteiger partial charge in [-0.25, -0.2) is 8.42 Å². The third-order valence-corrected chi connectivity index (χ3v) is 5.43.